The number of anilines is 1. The molecule has 2 bridgehead atoms. The molecule has 2 heterocycles. The number of carbonyl (C=O) groups excluding carboxylic acids is 3. The van der Waals surface area contributed by atoms with E-state index < -0.39 is 78.7 Å². The lowest BCUT2D eigenvalue weighted by molar-refractivity contribution is -0.137. The number of methoxy groups -OCH3 is 1. The Labute approximate surface area is 328 Å². The monoisotopic (exact) mass is 839 g/mol. The molecule has 312 valence electrons. The molecule has 21 heteroatoms. The van der Waals surface area contributed by atoms with Gasteiger partial charge in [-0.15, -0.1) is 5.10 Å². The van der Waals surface area contributed by atoms with Crippen molar-refractivity contribution in [2.75, 3.05) is 25.8 Å². The number of guanidine groups is 1. The molecule has 2 atom stereocenters. The van der Waals surface area contributed by atoms with Crippen molar-refractivity contribution in [3.05, 3.63) is 94.0 Å². The number of rotatable bonds is 9. The zero-order valence-electron chi connectivity index (χ0n) is 32.2. The minimum absolute atomic E-state index is 0.0401. The number of phosphoric ester groups is 1. The number of ether oxygens (including phenoxy) is 3. The molecule has 0 saturated carbocycles. The third kappa shape index (κ3) is 10.6. The van der Waals surface area contributed by atoms with E-state index in [0.717, 1.165) is 24.3 Å². The average molecular weight is 840 g/mol. The van der Waals surface area contributed by atoms with Crippen molar-refractivity contribution >= 4 is 48.5 Å². The van der Waals surface area contributed by atoms with Gasteiger partial charge in [0.05, 0.1) is 41.5 Å². The van der Waals surface area contributed by atoms with E-state index >= 15 is 0 Å². The van der Waals surface area contributed by atoms with Crippen molar-refractivity contribution in [2.45, 2.75) is 71.6 Å². The molecule has 1 amide bonds. The molecule has 15 nitrogen and oxygen atoms in total. The van der Waals surface area contributed by atoms with Crippen LogP contribution in [0.3, 0.4) is 0 Å². The molecule has 0 aliphatic carbocycles. The van der Waals surface area contributed by atoms with E-state index in [1.165, 1.54) is 33.1 Å². The number of halogens is 5. The molecule has 5 rings (SSSR count). The fraction of sp³-hybridized carbons (Fsp3) is 0.378. The molecule has 0 radical (unpaired) electrons. The van der Waals surface area contributed by atoms with Crippen LogP contribution in [0.4, 0.5) is 32.6 Å². The van der Waals surface area contributed by atoms with E-state index in [1.807, 2.05) is 0 Å². The lowest BCUT2D eigenvalue weighted by Gasteiger charge is -2.35. The van der Waals surface area contributed by atoms with Crippen LogP contribution in [-0.2, 0) is 50.7 Å². The van der Waals surface area contributed by atoms with Crippen LogP contribution in [-0.4, -0.2) is 65.9 Å². The average Bonchev–Trinajstić information content (AvgIpc) is 3.47. The Hall–Kier alpha value is -5.27. The van der Waals surface area contributed by atoms with Gasteiger partial charge in [0.15, 0.2) is 17.5 Å². The van der Waals surface area contributed by atoms with Crippen LogP contribution < -0.4 is 10.6 Å². The summed E-state index contributed by atoms with van der Waals surface area (Å²) in [5.74, 6) is -5.10. The second kappa shape index (κ2) is 16.9. The first kappa shape index (κ1) is 43.8. The van der Waals surface area contributed by atoms with E-state index in [2.05, 4.69) is 20.7 Å². The second-order valence-electron chi connectivity index (χ2n) is 14.3. The predicted molar refractivity (Wildman–Crippen MR) is 197 cm³/mol. The number of esters is 1. The summed E-state index contributed by atoms with van der Waals surface area (Å²) >= 11 is 0. The molecule has 1 aromatic heterocycles. The van der Waals surface area contributed by atoms with Crippen molar-refractivity contribution in [3.8, 4) is 0 Å². The van der Waals surface area contributed by atoms with Gasteiger partial charge in [-0.3, -0.25) is 23.7 Å². The molecule has 3 aromatic carbocycles. The Kier molecular flexibility index (Phi) is 12.8. The lowest BCUT2D eigenvalue weighted by Crippen LogP contribution is -2.37. The third-order valence-corrected chi connectivity index (χ3v) is 9.93. The van der Waals surface area contributed by atoms with Gasteiger partial charge in [0, 0.05) is 18.1 Å². The highest BCUT2D eigenvalue weighted by Crippen LogP contribution is 2.59. The summed E-state index contributed by atoms with van der Waals surface area (Å²) < 4.78 is 115. The highest BCUT2D eigenvalue weighted by atomic mass is 31.2. The zero-order chi connectivity index (χ0) is 42.8. The third-order valence-electron chi connectivity index (χ3n) is 8.03. The number of hydrogen-bond acceptors (Lipinski definition) is 12. The minimum atomic E-state index is -4.85. The number of fused-ring (bicyclic) bond motifs is 3. The molecule has 1 aliphatic heterocycles. The van der Waals surface area contributed by atoms with Crippen LogP contribution >= 0.6 is 7.82 Å². The Balaban J connectivity index is 1.40. The predicted octanol–water partition coefficient (Wildman–Crippen LogP) is 8.07. The normalized spacial score (nSPS) is 17.6. The summed E-state index contributed by atoms with van der Waals surface area (Å²) in [5, 5.41) is 9.03. The Bertz CT molecular complexity index is 2310. The Morgan fingerprint density at radius 2 is 1.74 bits per heavy atom. The van der Waals surface area contributed by atoms with Gasteiger partial charge < -0.3 is 19.5 Å². The first-order valence-corrected chi connectivity index (χ1v) is 18.8. The summed E-state index contributed by atoms with van der Waals surface area (Å²) in [6, 6.07) is 8.60. The number of amides is 1. The van der Waals surface area contributed by atoms with Gasteiger partial charge in [-0.2, -0.15) is 17.9 Å². The number of hydrogen-bond donors (Lipinski definition) is 2. The summed E-state index contributed by atoms with van der Waals surface area (Å²) in [4.78, 5) is 44.0. The van der Waals surface area contributed by atoms with Crippen LogP contribution in [0.15, 0.2) is 59.6 Å². The van der Waals surface area contributed by atoms with E-state index in [9.17, 15) is 40.9 Å². The van der Waals surface area contributed by atoms with Gasteiger partial charge in [0.1, 0.15) is 5.60 Å². The maximum atomic E-state index is 13.9. The first-order valence-electron chi connectivity index (χ1n) is 17.3. The van der Waals surface area contributed by atoms with Crippen molar-refractivity contribution < 1.29 is 68.7 Å². The fourth-order valence-corrected chi connectivity index (χ4v) is 7.34. The molecule has 0 fully saturated rings. The summed E-state index contributed by atoms with van der Waals surface area (Å²) in [7, 11) is -2.77. The SMILES string of the molecule is COC[C@H](C)N=C(NC(=O)c1ccc(F)c(F)c1)Nc1nn(C(=O)OCOC(=O)c2ccc3cc2C(C)(C)OP(=O)(OC(C)(C)C)OC3)c2cc(C(F)(F)F)ccc12. The van der Waals surface area contributed by atoms with Crippen LogP contribution in [0.2, 0.25) is 0 Å². The van der Waals surface area contributed by atoms with Crippen LogP contribution in [0.25, 0.3) is 10.9 Å². The molecule has 0 saturated heterocycles. The molecule has 1 aliphatic rings. The van der Waals surface area contributed by atoms with Crippen LogP contribution in [0.5, 0.6) is 0 Å². The Morgan fingerprint density at radius 1 is 1.02 bits per heavy atom. The number of alkyl halides is 3. The number of carbonyl (C=O) groups is 3. The zero-order valence-corrected chi connectivity index (χ0v) is 33.1. The summed E-state index contributed by atoms with van der Waals surface area (Å²) in [6.45, 7) is 8.45. The highest BCUT2D eigenvalue weighted by Gasteiger charge is 2.43. The van der Waals surface area contributed by atoms with Crippen molar-refractivity contribution in [3.63, 3.8) is 0 Å². The lowest BCUT2D eigenvalue weighted by atomic mass is 9.91. The summed E-state index contributed by atoms with van der Waals surface area (Å²) in [5.41, 5.74) is -3.51. The van der Waals surface area contributed by atoms with E-state index in [0.29, 0.717) is 22.4 Å². The number of benzene rings is 3. The van der Waals surface area contributed by atoms with E-state index in [1.54, 1.807) is 33.8 Å². The molecule has 4 aromatic rings. The second-order valence-corrected chi connectivity index (χ2v) is 15.9. The number of phosphoric acid groups is 1. The van der Waals surface area contributed by atoms with Gasteiger partial charge >= 0.3 is 26.1 Å². The highest BCUT2D eigenvalue weighted by molar-refractivity contribution is 7.48. The van der Waals surface area contributed by atoms with Crippen molar-refractivity contribution in [2.24, 2.45) is 4.99 Å². The van der Waals surface area contributed by atoms with Crippen LogP contribution in [0, 0.1) is 11.6 Å². The molecule has 2 N–H and O–H groups in total. The molecule has 58 heavy (non-hydrogen) atoms. The van der Waals surface area contributed by atoms with Gasteiger partial charge in [-0.1, -0.05) is 6.07 Å². The number of aromatic nitrogens is 2. The minimum Gasteiger partial charge on any atom is -0.424 e. The largest absolute Gasteiger partial charge is 0.476 e. The van der Waals surface area contributed by atoms with Crippen molar-refractivity contribution in [1.82, 2.24) is 15.1 Å². The van der Waals surface area contributed by atoms with Gasteiger partial charge in [0.2, 0.25) is 12.8 Å². The quantitative estimate of drug-likeness (QED) is 0.0414. The number of nitrogens with zero attached hydrogens (tertiary/aromatic N) is 3. The molecule has 1 unspecified atom stereocenters. The Morgan fingerprint density at radius 3 is 2.40 bits per heavy atom. The van der Waals surface area contributed by atoms with Crippen LogP contribution in [0.1, 0.15) is 78.9 Å². The maximum Gasteiger partial charge on any atom is 0.476 e. The smallest absolute Gasteiger partial charge is 0.424 e. The van der Waals surface area contributed by atoms with E-state index in [-0.39, 0.29) is 47.1 Å². The topological polar surface area (TPSA) is 178 Å². The summed E-state index contributed by atoms with van der Waals surface area (Å²) in [6.07, 6.45) is -6.23. The van der Waals surface area contributed by atoms with Gasteiger partial charge in [0.25, 0.3) is 5.91 Å². The first-order chi connectivity index (χ1) is 27.0. The van der Waals surface area contributed by atoms with Gasteiger partial charge in [-0.05, 0) is 101 Å². The molecule has 0 spiro atoms. The fourth-order valence-electron chi connectivity index (χ4n) is 5.57. The molecular weight excluding hydrogens is 800 g/mol. The maximum absolute atomic E-state index is 13.9. The molecular formula is C37H39F5N5O10P. The standard InChI is InChI=1S/C37H39F5N5O10P/c1-20(17-52-7)43-33(45-31(48)22-9-13-27(38)28(39)15-22)44-30-25-12-10-23(37(40,41)42)16-29(25)47(46-30)34(50)54-19-53-32(49)24-11-8-21-14-26(24)36(5,6)57-58(51,55-18-21)56-35(2,3)4/h8-16,20H,17-19H2,1-7H3,(H2,43,44,45,46,48)/t20-,58?/m0/s1. The van der Waals surface area contributed by atoms with E-state index in [4.69, 9.17) is 27.8 Å². The van der Waals surface area contributed by atoms with Gasteiger partial charge in [-0.25, -0.2) is 27.9 Å². The number of aliphatic imine (C=N–C) groups is 1. The van der Waals surface area contributed by atoms with Crippen molar-refractivity contribution in [1.29, 1.82) is 0 Å². The number of nitrogens with one attached hydrogen (secondary N) is 2.